The molecule has 3 heterocycles. The minimum atomic E-state index is -1.24. The van der Waals surface area contributed by atoms with E-state index in [1.807, 2.05) is 25.3 Å². The van der Waals surface area contributed by atoms with Crippen molar-refractivity contribution in [3.63, 3.8) is 0 Å². The molecule has 0 bridgehead atoms. The van der Waals surface area contributed by atoms with E-state index in [9.17, 15) is 19.8 Å². The Labute approximate surface area is 218 Å². The van der Waals surface area contributed by atoms with Crippen LogP contribution in [0.3, 0.4) is 0 Å². The Kier molecular flexibility index (Phi) is 9.15. The molecule has 0 spiro atoms. The number of esters is 1. The van der Waals surface area contributed by atoms with Gasteiger partial charge in [-0.1, -0.05) is 34.1 Å². The Bertz CT molecular complexity index is 975. The highest BCUT2D eigenvalue weighted by Crippen LogP contribution is 2.45. The van der Waals surface area contributed by atoms with Gasteiger partial charge >= 0.3 is 5.97 Å². The van der Waals surface area contributed by atoms with E-state index in [2.05, 4.69) is 11.9 Å². The zero-order valence-corrected chi connectivity index (χ0v) is 23.1. The molecule has 0 aromatic carbocycles. The third kappa shape index (κ3) is 6.61. The Morgan fingerprint density at radius 3 is 2.61 bits per heavy atom. The van der Waals surface area contributed by atoms with Crippen LogP contribution in [0.25, 0.3) is 6.08 Å². The van der Waals surface area contributed by atoms with Crippen LogP contribution < -0.4 is 5.73 Å². The summed E-state index contributed by atoms with van der Waals surface area (Å²) in [5.74, 6) is -1.59. The predicted octanol–water partition coefficient (Wildman–Crippen LogP) is 3.63. The standard InChI is InChI=1S/C27H42N2O6S/c1-15-8-7-9-27(6)21(35-27)11-19(16(2)10-18-14-36-22(13-28)29-18)34-23(31)12-20(30)26(4,5)25(33)17(3)24(15)32/h10,14-15,17,19-21,24,30,32H,7-9,11-13,28H2,1-6H3/t15-,17+,19-,20-,21-,24-,27?/m0/s1. The van der Waals surface area contributed by atoms with Crippen molar-refractivity contribution < 1.29 is 29.3 Å². The summed E-state index contributed by atoms with van der Waals surface area (Å²) < 4.78 is 11.9. The molecule has 4 N–H and O–H groups in total. The lowest BCUT2D eigenvalue weighted by Gasteiger charge is -2.34. The van der Waals surface area contributed by atoms with E-state index >= 15 is 0 Å². The minimum absolute atomic E-state index is 0.0660. The molecule has 0 aliphatic carbocycles. The van der Waals surface area contributed by atoms with Gasteiger partial charge in [0.05, 0.1) is 41.4 Å². The average Bonchev–Trinajstić information content (AvgIpc) is 3.23. The number of carbonyl (C=O) groups is 2. The van der Waals surface area contributed by atoms with Gasteiger partial charge in [0.2, 0.25) is 0 Å². The van der Waals surface area contributed by atoms with Gasteiger partial charge in [0.25, 0.3) is 0 Å². The molecule has 2 aliphatic rings. The van der Waals surface area contributed by atoms with Crippen LogP contribution in [0.15, 0.2) is 11.0 Å². The Morgan fingerprint density at radius 1 is 1.28 bits per heavy atom. The van der Waals surface area contributed by atoms with Gasteiger partial charge in [-0.3, -0.25) is 9.59 Å². The van der Waals surface area contributed by atoms with E-state index in [1.165, 1.54) is 11.3 Å². The van der Waals surface area contributed by atoms with Gasteiger partial charge < -0.3 is 25.4 Å². The number of epoxide rings is 1. The normalized spacial score (nSPS) is 36.8. The molecule has 1 aromatic heterocycles. The van der Waals surface area contributed by atoms with Gasteiger partial charge in [0.15, 0.2) is 0 Å². The molecule has 0 radical (unpaired) electrons. The first-order valence-electron chi connectivity index (χ1n) is 12.9. The third-order valence-electron chi connectivity index (χ3n) is 8.03. The maximum Gasteiger partial charge on any atom is 0.309 e. The number of fused-ring (bicyclic) bond motifs is 1. The number of Topliss-reactive ketones (excluding diaryl/α,β-unsaturated/α-hetero) is 1. The summed E-state index contributed by atoms with van der Waals surface area (Å²) in [5, 5.41) is 24.5. The molecule has 0 saturated carbocycles. The molecule has 7 atom stereocenters. The van der Waals surface area contributed by atoms with Gasteiger partial charge in [-0.05, 0) is 44.3 Å². The molecular formula is C27H42N2O6S. The lowest BCUT2D eigenvalue weighted by molar-refractivity contribution is -0.154. The maximum absolute atomic E-state index is 13.2. The fraction of sp³-hybridized carbons (Fsp3) is 0.741. The number of aliphatic hydroxyl groups excluding tert-OH is 2. The van der Waals surface area contributed by atoms with Crippen molar-refractivity contribution in [3.05, 3.63) is 21.7 Å². The number of aromatic nitrogens is 1. The van der Waals surface area contributed by atoms with E-state index in [4.69, 9.17) is 15.2 Å². The van der Waals surface area contributed by atoms with Crippen molar-refractivity contribution in [1.82, 2.24) is 4.98 Å². The number of rotatable bonds is 3. The quantitative estimate of drug-likeness (QED) is 0.405. The molecule has 2 saturated heterocycles. The smallest absolute Gasteiger partial charge is 0.309 e. The number of aliphatic hydroxyl groups is 2. The van der Waals surface area contributed by atoms with Crippen LogP contribution in [0.4, 0.5) is 0 Å². The van der Waals surface area contributed by atoms with E-state index in [0.717, 1.165) is 35.5 Å². The van der Waals surface area contributed by atoms with Gasteiger partial charge in [-0.25, -0.2) is 4.98 Å². The lowest BCUT2D eigenvalue weighted by Crippen LogP contribution is -2.45. The van der Waals surface area contributed by atoms with Crippen LogP contribution in [0.1, 0.15) is 84.3 Å². The molecule has 0 amide bonds. The Balaban J connectivity index is 1.85. The fourth-order valence-electron chi connectivity index (χ4n) is 5.11. The summed E-state index contributed by atoms with van der Waals surface area (Å²) in [6, 6.07) is 0. The monoisotopic (exact) mass is 522 g/mol. The Hall–Kier alpha value is -1.65. The first kappa shape index (κ1) is 28.9. The zero-order valence-electron chi connectivity index (χ0n) is 22.3. The number of nitrogens with two attached hydrogens (primary N) is 1. The highest BCUT2D eigenvalue weighted by molar-refractivity contribution is 7.09. The van der Waals surface area contributed by atoms with Crippen molar-refractivity contribution in [3.8, 4) is 0 Å². The van der Waals surface area contributed by atoms with Crippen LogP contribution in [-0.2, 0) is 25.6 Å². The van der Waals surface area contributed by atoms with Crippen molar-refractivity contribution in [2.45, 2.75) is 110 Å². The molecule has 2 fully saturated rings. The number of ether oxygens (including phenoxy) is 2. The molecule has 8 nitrogen and oxygen atoms in total. The second-order valence-electron chi connectivity index (χ2n) is 11.3. The molecular weight excluding hydrogens is 480 g/mol. The Morgan fingerprint density at radius 2 is 1.97 bits per heavy atom. The van der Waals surface area contributed by atoms with Crippen LogP contribution in [0, 0.1) is 17.3 Å². The number of carbonyl (C=O) groups excluding carboxylic acids is 2. The van der Waals surface area contributed by atoms with E-state index in [1.54, 1.807) is 20.8 Å². The number of cyclic esters (lactones) is 1. The van der Waals surface area contributed by atoms with Gasteiger partial charge in [-0.15, -0.1) is 11.3 Å². The molecule has 202 valence electrons. The summed E-state index contributed by atoms with van der Waals surface area (Å²) in [4.78, 5) is 30.7. The number of nitrogens with zero attached hydrogens (tertiary/aromatic N) is 1. The summed E-state index contributed by atoms with van der Waals surface area (Å²) >= 11 is 1.48. The van der Waals surface area contributed by atoms with Crippen molar-refractivity contribution in [2.75, 3.05) is 0 Å². The number of hydrogen-bond donors (Lipinski definition) is 3. The highest BCUT2D eigenvalue weighted by atomic mass is 32.1. The van der Waals surface area contributed by atoms with E-state index in [0.29, 0.717) is 13.0 Å². The van der Waals surface area contributed by atoms with Gasteiger partial charge in [0, 0.05) is 24.3 Å². The summed E-state index contributed by atoms with van der Waals surface area (Å²) in [6.07, 6.45) is 1.80. The van der Waals surface area contributed by atoms with E-state index in [-0.39, 0.29) is 29.8 Å². The largest absolute Gasteiger partial charge is 0.458 e. The fourth-order valence-corrected chi connectivity index (χ4v) is 5.74. The first-order valence-corrected chi connectivity index (χ1v) is 13.8. The molecule has 1 aromatic rings. The van der Waals surface area contributed by atoms with Crippen LogP contribution >= 0.6 is 11.3 Å². The average molecular weight is 523 g/mol. The molecule has 9 heteroatoms. The summed E-state index contributed by atoms with van der Waals surface area (Å²) in [6.45, 7) is 11.2. The number of thiazole rings is 1. The molecule has 2 aliphatic heterocycles. The molecule has 1 unspecified atom stereocenters. The highest BCUT2D eigenvalue weighted by Gasteiger charge is 2.53. The topological polar surface area (TPSA) is 135 Å². The van der Waals surface area contributed by atoms with Crippen molar-refractivity contribution >= 4 is 29.2 Å². The second-order valence-corrected chi connectivity index (χ2v) is 12.3. The van der Waals surface area contributed by atoms with Gasteiger partial charge in [0.1, 0.15) is 16.9 Å². The van der Waals surface area contributed by atoms with Crippen LogP contribution in [-0.4, -0.2) is 57.0 Å². The SMILES string of the molecule is CC(=Cc1csc(CN)n1)[C@@H]1C[C@@H]2OC2(C)CCC[C@H](C)[C@H](O)[C@@H](C)C(=O)C(C)(C)[C@@H](O)CC(=O)O1. The lowest BCUT2D eigenvalue weighted by atomic mass is 9.73. The zero-order chi connectivity index (χ0) is 26.8. The number of hydrogen-bond acceptors (Lipinski definition) is 9. The van der Waals surface area contributed by atoms with Crippen LogP contribution in [0.5, 0.6) is 0 Å². The summed E-state index contributed by atoms with van der Waals surface area (Å²) in [5.41, 5.74) is 5.74. The van der Waals surface area contributed by atoms with E-state index < -0.39 is 35.6 Å². The summed E-state index contributed by atoms with van der Waals surface area (Å²) in [7, 11) is 0. The predicted molar refractivity (Wildman–Crippen MR) is 139 cm³/mol. The van der Waals surface area contributed by atoms with Crippen molar-refractivity contribution in [1.29, 1.82) is 0 Å². The first-order chi connectivity index (χ1) is 16.8. The second kappa shape index (κ2) is 11.4. The third-order valence-corrected chi connectivity index (χ3v) is 8.92. The number of ketones is 1. The minimum Gasteiger partial charge on any atom is -0.458 e. The van der Waals surface area contributed by atoms with Crippen molar-refractivity contribution in [2.24, 2.45) is 23.0 Å². The van der Waals surface area contributed by atoms with Crippen LogP contribution in [0.2, 0.25) is 0 Å². The molecule has 36 heavy (non-hydrogen) atoms. The maximum atomic E-state index is 13.2. The van der Waals surface area contributed by atoms with Gasteiger partial charge in [-0.2, -0.15) is 0 Å². The molecule has 3 rings (SSSR count).